The molecule has 0 bridgehead atoms. The van der Waals surface area contributed by atoms with Gasteiger partial charge in [-0.2, -0.15) is 0 Å². The molecule has 0 radical (unpaired) electrons. The lowest BCUT2D eigenvalue weighted by Crippen LogP contribution is -2.04. The average Bonchev–Trinajstić information content (AvgIpc) is 2.32. The predicted octanol–water partition coefficient (Wildman–Crippen LogP) is 4.04. The van der Waals surface area contributed by atoms with E-state index in [1.54, 1.807) is 25.1 Å². The third-order valence-electron chi connectivity index (χ3n) is 2.54. The zero-order valence-electron chi connectivity index (χ0n) is 10.4. The van der Waals surface area contributed by atoms with Crippen molar-refractivity contribution in [1.29, 1.82) is 0 Å². The van der Waals surface area contributed by atoms with E-state index in [0.29, 0.717) is 32.9 Å². The SMILES string of the molecule is CC(=O)c1cnc(Nc2ccc(Cl)cc2Cl)nc1C. The minimum Gasteiger partial charge on any atom is -0.323 e. The summed E-state index contributed by atoms with van der Waals surface area (Å²) < 4.78 is 0. The van der Waals surface area contributed by atoms with Crippen molar-refractivity contribution in [3.63, 3.8) is 0 Å². The van der Waals surface area contributed by atoms with Crippen LogP contribution in [-0.2, 0) is 0 Å². The van der Waals surface area contributed by atoms with Crippen LogP contribution in [0.5, 0.6) is 0 Å². The van der Waals surface area contributed by atoms with Crippen molar-refractivity contribution in [3.8, 4) is 0 Å². The van der Waals surface area contributed by atoms with Gasteiger partial charge in [0, 0.05) is 11.2 Å². The summed E-state index contributed by atoms with van der Waals surface area (Å²) in [4.78, 5) is 19.6. The van der Waals surface area contributed by atoms with E-state index >= 15 is 0 Å². The zero-order chi connectivity index (χ0) is 14.0. The van der Waals surface area contributed by atoms with Crippen LogP contribution in [0.15, 0.2) is 24.4 Å². The van der Waals surface area contributed by atoms with Gasteiger partial charge in [-0.1, -0.05) is 23.2 Å². The Morgan fingerprint density at radius 2 is 2.05 bits per heavy atom. The molecule has 1 heterocycles. The molecule has 6 heteroatoms. The Kier molecular flexibility index (Phi) is 4.02. The number of aryl methyl sites for hydroxylation is 1. The standard InChI is InChI=1S/C13H11Cl2N3O/c1-7-10(8(2)19)6-16-13(17-7)18-12-4-3-9(14)5-11(12)15/h3-6H,1-2H3,(H,16,17,18). The minimum absolute atomic E-state index is 0.0615. The summed E-state index contributed by atoms with van der Waals surface area (Å²) in [5.41, 5.74) is 1.78. The van der Waals surface area contributed by atoms with Crippen LogP contribution in [0.4, 0.5) is 11.6 Å². The first-order valence-electron chi connectivity index (χ1n) is 5.54. The molecule has 0 aliphatic heterocycles. The maximum Gasteiger partial charge on any atom is 0.227 e. The number of hydrogen-bond acceptors (Lipinski definition) is 4. The van der Waals surface area contributed by atoms with Gasteiger partial charge in [0.25, 0.3) is 0 Å². The van der Waals surface area contributed by atoms with Crippen LogP contribution in [0.2, 0.25) is 10.0 Å². The van der Waals surface area contributed by atoms with Crippen molar-refractivity contribution in [1.82, 2.24) is 9.97 Å². The molecule has 0 saturated carbocycles. The molecule has 1 aromatic heterocycles. The van der Waals surface area contributed by atoms with Gasteiger partial charge < -0.3 is 5.32 Å². The molecule has 0 fully saturated rings. The smallest absolute Gasteiger partial charge is 0.227 e. The number of aromatic nitrogens is 2. The number of anilines is 2. The summed E-state index contributed by atoms with van der Waals surface area (Å²) in [5, 5.41) is 4.01. The van der Waals surface area contributed by atoms with Gasteiger partial charge in [0.2, 0.25) is 5.95 Å². The third kappa shape index (κ3) is 3.22. The van der Waals surface area contributed by atoms with E-state index in [2.05, 4.69) is 15.3 Å². The summed E-state index contributed by atoms with van der Waals surface area (Å²) >= 11 is 11.9. The van der Waals surface area contributed by atoms with Gasteiger partial charge in [-0.15, -0.1) is 0 Å². The van der Waals surface area contributed by atoms with Gasteiger partial charge in [-0.3, -0.25) is 4.79 Å². The lowest BCUT2D eigenvalue weighted by molar-refractivity contribution is 0.101. The van der Waals surface area contributed by atoms with Crippen LogP contribution in [0, 0.1) is 6.92 Å². The van der Waals surface area contributed by atoms with Crippen molar-refractivity contribution in [3.05, 3.63) is 45.7 Å². The fourth-order valence-electron chi connectivity index (χ4n) is 1.58. The second-order valence-corrected chi connectivity index (χ2v) is 4.84. The second-order valence-electron chi connectivity index (χ2n) is 4.00. The minimum atomic E-state index is -0.0615. The highest BCUT2D eigenvalue weighted by molar-refractivity contribution is 6.36. The van der Waals surface area contributed by atoms with E-state index in [0.717, 1.165) is 0 Å². The number of carbonyl (C=O) groups is 1. The van der Waals surface area contributed by atoms with Gasteiger partial charge >= 0.3 is 0 Å². The maximum absolute atomic E-state index is 11.3. The third-order valence-corrected chi connectivity index (χ3v) is 3.08. The highest BCUT2D eigenvalue weighted by atomic mass is 35.5. The lowest BCUT2D eigenvalue weighted by Gasteiger charge is -2.08. The summed E-state index contributed by atoms with van der Waals surface area (Å²) in [7, 11) is 0. The molecule has 2 aromatic rings. The number of Topliss-reactive ketones (excluding diaryl/α,β-unsaturated/α-hetero) is 1. The van der Waals surface area contributed by atoms with Crippen LogP contribution in [-0.4, -0.2) is 15.8 Å². The van der Waals surface area contributed by atoms with E-state index in [-0.39, 0.29) is 5.78 Å². The average molecular weight is 296 g/mol. The molecular formula is C13H11Cl2N3O. The number of carbonyl (C=O) groups excluding carboxylic acids is 1. The Balaban J connectivity index is 2.29. The molecule has 19 heavy (non-hydrogen) atoms. The van der Waals surface area contributed by atoms with Gasteiger partial charge in [-0.25, -0.2) is 9.97 Å². The maximum atomic E-state index is 11.3. The monoisotopic (exact) mass is 295 g/mol. The van der Waals surface area contributed by atoms with Crippen LogP contribution in [0.3, 0.4) is 0 Å². The van der Waals surface area contributed by atoms with Crippen molar-refractivity contribution in [2.45, 2.75) is 13.8 Å². The Labute approximate surface area is 120 Å². The number of hydrogen-bond donors (Lipinski definition) is 1. The fraction of sp³-hybridized carbons (Fsp3) is 0.154. The quantitative estimate of drug-likeness (QED) is 0.868. The second kappa shape index (κ2) is 5.55. The first-order chi connectivity index (χ1) is 8.97. The normalized spacial score (nSPS) is 10.3. The molecular weight excluding hydrogens is 285 g/mol. The van der Waals surface area contributed by atoms with Crippen molar-refractivity contribution in [2.24, 2.45) is 0 Å². The highest BCUT2D eigenvalue weighted by Gasteiger charge is 2.08. The summed E-state index contributed by atoms with van der Waals surface area (Å²) in [5.74, 6) is 0.320. The Morgan fingerprint density at radius 3 is 2.63 bits per heavy atom. The fourth-order valence-corrected chi connectivity index (χ4v) is 2.04. The lowest BCUT2D eigenvalue weighted by atomic mass is 10.2. The Hall–Kier alpha value is -1.65. The molecule has 2 rings (SSSR count). The number of halogens is 2. The summed E-state index contributed by atoms with van der Waals surface area (Å²) in [6.07, 6.45) is 1.50. The molecule has 0 aliphatic carbocycles. The van der Waals surface area contributed by atoms with Crippen LogP contribution in [0.25, 0.3) is 0 Å². The van der Waals surface area contributed by atoms with Gasteiger partial charge in [0.1, 0.15) is 0 Å². The predicted molar refractivity (Wildman–Crippen MR) is 76.5 cm³/mol. The van der Waals surface area contributed by atoms with Crippen molar-refractivity contribution in [2.75, 3.05) is 5.32 Å². The van der Waals surface area contributed by atoms with E-state index in [9.17, 15) is 4.79 Å². The summed E-state index contributed by atoms with van der Waals surface area (Å²) in [6.45, 7) is 3.24. The van der Waals surface area contributed by atoms with Crippen molar-refractivity contribution >= 4 is 40.6 Å². The largest absolute Gasteiger partial charge is 0.323 e. The molecule has 0 amide bonds. The van der Waals surface area contributed by atoms with Crippen molar-refractivity contribution < 1.29 is 4.79 Å². The molecule has 1 aromatic carbocycles. The van der Waals surface area contributed by atoms with Gasteiger partial charge in [0.15, 0.2) is 5.78 Å². The van der Waals surface area contributed by atoms with E-state index < -0.39 is 0 Å². The number of benzene rings is 1. The van der Waals surface area contributed by atoms with Gasteiger partial charge in [0.05, 0.1) is 22.0 Å². The van der Waals surface area contributed by atoms with Crippen LogP contribution in [0.1, 0.15) is 23.0 Å². The highest BCUT2D eigenvalue weighted by Crippen LogP contribution is 2.27. The summed E-state index contributed by atoms with van der Waals surface area (Å²) in [6, 6.07) is 5.08. The molecule has 98 valence electrons. The Bertz CT molecular complexity index is 644. The van der Waals surface area contributed by atoms with Gasteiger partial charge in [-0.05, 0) is 32.0 Å². The molecule has 0 unspecified atom stereocenters. The molecule has 0 saturated heterocycles. The molecule has 1 N–H and O–H groups in total. The molecule has 4 nitrogen and oxygen atoms in total. The molecule has 0 atom stereocenters. The van der Waals surface area contributed by atoms with Crippen LogP contribution < -0.4 is 5.32 Å². The zero-order valence-corrected chi connectivity index (χ0v) is 11.9. The van der Waals surface area contributed by atoms with E-state index in [4.69, 9.17) is 23.2 Å². The molecule has 0 spiro atoms. The Morgan fingerprint density at radius 1 is 1.32 bits per heavy atom. The van der Waals surface area contributed by atoms with E-state index in [1.165, 1.54) is 13.1 Å². The van der Waals surface area contributed by atoms with Crippen LogP contribution >= 0.6 is 23.2 Å². The first kappa shape index (κ1) is 13.8. The number of ketones is 1. The number of rotatable bonds is 3. The first-order valence-corrected chi connectivity index (χ1v) is 6.29. The molecule has 0 aliphatic rings. The van der Waals surface area contributed by atoms with E-state index in [1.807, 2.05) is 0 Å². The number of nitrogens with one attached hydrogen (secondary N) is 1. The topological polar surface area (TPSA) is 54.9 Å². The number of nitrogens with zero attached hydrogens (tertiary/aromatic N) is 2.